The van der Waals surface area contributed by atoms with Gasteiger partial charge in [-0.3, -0.25) is 9.98 Å². The van der Waals surface area contributed by atoms with Gasteiger partial charge in [-0.2, -0.15) is 0 Å². The average molecular weight is 1100 g/mol. The van der Waals surface area contributed by atoms with E-state index in [1.807, 2.05) is 24.6 Å². The lowest BCUT2D eigenvalue weighted by molar-refractivity contribution is 0.214. The van der Waals surface area contributed by atoms with Crippen LogP contribution in [-0.4, -0.2) is 62.2 Å². The molecule has 0 fully saturated rings. The monoisotopic (exact) mass is 1100 g/mol. The largest absolute Gasteiger partial charge is 0.507 e. The second-order valence-electron chi connectivity index (χ2n) is 26.8. The fourth-order valence-corrected chi connectivity index (χ4v) is 11.4. The molecule has 2 heterocycles. The number of aliphatic imine (C=N–C) groups is 2. The lowest BCUT2D eigenvalue weighted by Crippen LogP contribution is -2.18. The van der Waals surface area contributed by atoms with E-state index in [1.54, 1.807) is 0 Å². The van der Waals surface area contributed by atoms with Gasteiger partial charge in [-0.15, -0.1) is 0 Å². The highest BCUT2D eigenvalue weighted by atomic mass is 16.5. The molecule has 3 aliphatic rings. The van der Waals surface area contributed by atoms with Gasteiger partial charge in [0.05, 0.1) is 0 Å². The van der Waals surface area contributed by atoms with Crippen LogP contribution in [0.25, 0.3) is 21.5 Å². The van der Waals surface area contributed by atoms with Crippen LogP contribution >= 0.6 is 0 Å². The topological polar surface area (TPSA) is 102 Å². The lowest BCUT2D eigenvalue weighted by Gasteiger charge is -2.28. The molecule has 2 N–H and O–H groups in total. The molecule has 0 saturated carbocycles. The number of phenols is 2. The summed E-state index contributed by atoms with van der Waals surface area (Å²) in [5.41, 5.74) is 12.5. The van der Waals surface area contributed by atoms with Crippen molar-refractivity contribution in [1.82, 2.24) is 0 Å². The van der Waals surface area contributed by atoms with Crippen LogP contribution in [0.3, 0.4) is 0 Å². The van der Waals surface area contributed by atoms with Gasteiger partial charge in [-0.1, -0.05) is 192 Å². The summed E-state index contributed by atoms with van der Waals surface area (Å²) in [6.45, 7) is 29.2. The summed E-state index contributed by atoms with van der Waals surface area (Å²) < 4.78 is 27.7. The second-order valence-corrected chi connectivity index (χ2v) is 26.8. The average Bonchev–Trinajstić information content (AvgIpc) is 3.20. The molecule has 2 aliphatic heterocycles. The predicted molar refractivity (Wildman–Crippen MR) is 339 cm³/mol. The van der Waals surface area contributed by atoms with E-state index in [-0.39, 0.29) is 59.6 Å². The van der Waals surface area contributed by atoms with Crippen LogP contribution < -0.4 is 18.9 Å². The first-order valence-corrected chi connectivity index (χ1v) is 29.6. The number of ether oxygens (including phenoxy) is 4. The van der Waals surface area contributed by atoms with Crippen molar-refractivity contribution < 1.29 is 29.2 Å². The Labute approximate surface area is 487 Å². The van der Waals surface area contributed by atoms with Crippen molar-refractivity contribution in [1.29, 1.82) is 0 Å². The fourth-order valence-electron chi connectivity index (χ4n) is 11.4. The van der Waals surface area contributed by atoms with Gasteiger partial charge in [-0.05, 0) is 135 Å². The van der Waals surface area contributed by atoms with Gasteiger partial charge < -0.3 is 29.2 Å². The number of nitrogens with zero attached hydrogens (tertiary/aromatic N) is 2. The molecular formula is C74H84N2O6. The van der Waals surface area contributed by atoms with E-state index < -0.39 is 0 Å². The Hall–Kier alpha value is -7.58. The van der Waals surface area contributed by atoms with Gasteiger partial charge in [0.25, 0.3) is 0 Å². The van der Waals surface area contributed by atoms with Gasteiger partial charge in [0, 0.05) is 62.3 Å². The molecule has 8 aromatic carbocycles. The fraction of sp³-hybridized carbons (Fsp3) is 0.378. The third kappa shape index (κ3) is 12.9. The first kappa shape index (κ1) is 57.6. The molecule has 82 heavy (non-hydrogen) atoms. The van der Waals surface area contributed by atoms with Gasteiger partial charge in [0.2, 0.25) is 0 Å². The molecule has 426 valence electrons. The summed E-state index contributed by atoms with van der Waals surface area (Å²) in [7, 11) is 0. The maximum atomic E-state index is 12.9. The molecule has 8 aromatic rings. The third-order valence-corrected chi connectivity index (χ3v) is 16.3. The summed E-state index contributed by atoms with van der Waals surface area (Å²) in [5, 5.41) is 30.2. The van der Waals surface area contributed by atoms with Crippen LogP contribution in [0.4, 0.5) is 0 Å². The van der Waals surface area contributed by atoms with Gasteiger partial charge in [0.1, 0.15) is 60.9 Å². The van der Waals surface area contributed by atoms with E-state index in [0.29, 0.717) is 38.8 Å². The Morgan fingerprint density at radius 3 is 0.963 bits per heavy atom. The van der Waals surface area contributed by atoms with Crippen molar-refractivity contribution in [2.24, 2.45) is 9.98 Å². The predicted octanol–water partition coefficient (Wildman–Crippen LogP) is 16.8. The normalized spacial score (nSPS) is 15.1. The Kier molecular flexibility index (Phi) is 16.4. The Balaban J connectivity index is 1.19. The Bertz CT molecular complexity index is 3380. The summed E-state index contributed by atoms with van der Waals surface area (Å²) in [5.74, 6) is 3.45. The van der Waals surface area contributed by atoms with Crippen LogP contribution in [-0.2, 0) is 47.3 Å². The molecule has 0 spiro atoms. The lowest BCUT2D eigenvalue weighted by atomic mass is 9.79. The highest BCUT2D eigenvalue weighted by Crippen LogP contribution is 2.44. The first-order valence-electron chi connectivity index (χ1n) is 29.6. The number of benzene rings is 8. The molecule has 8 nitrogen and oxygen atoms in total. The van der Waals surface area contributed by atoms with Crippen molar-refractivity contribution >= 4 is 34.0 Å². The van der Waals surface area contributed by atoms with E-state index in [1.165, 1.54) is 0 Å². The summed E-state index contributed by atoms with van der Waals surface area (Å²) in [4.78, 5) is 9.93. The van der Waals surface area contributed by atoms with Crippen molar-refractivity contribution in [3.05, 3.63) is 199 Å². The molecule has 10 bridgehead atoms. The van der Waals surface area contributed by atoms with Crippen molar-refractivity contribution in [3.8, 4) is 34.5 Å². The summed E-state index contributed by atoms with van der Waals surface area (Å²) in [6, 6.07) is 42.8. The molecule has 0 atom stereocenters. The summed E-state index contributed by atoms with van der Waals surface area (Å²) in [6.07, 6.45) is 7.26. The maximum absolute atomic E-state index is 12.9. The quantitative estimate of drug-likeness (QED) is 0.157. The number of hydrogen-bond acceptors (Lipinski definition) is 8. The van der Waals surface area contributed by atoms with E-state index in [9.17, 15) is 10.2 Å². The molecule has 0 amide bonds. The van der Waals surface area contributed by atoms with Crippen molar-refractivity contribution in [3.63, 3.8) is 0 Å². The van der Waals surface area contributed by atoms with Crippen LogP contribution in [0.1, 0.15) is 174 Å². The van der Waals surface area contributed by atoms with Crippen LogP contribution in [0.5, 0.6) is 34.5 Å². The Morgan fingerprint density at radius 1 is 0.354 bits per heavy atom. The summed E-state index contributed by atoms with van der Waals surface area (Å²) >= 11 is 0. The van der Waals surface area contributed by atoms with Gasteiger partial charge in [0.15, 0.2) is 0 Å². The molecule has 0 unspecified atom stereocenters. The zero-order valence-electron chi connectivity index (χ0n) is 50.6. The molecule has 1 aliphatic carbocycles. The molecule has 0 saturated heterocycles. The van der Waals surface area contributed by atoms with E-state index in [2.05, 4.69) is 192 Å². The van der Waals surface area contributed by atoms with Gasteiger partial charge in [-0.25, -0.2) is 0 Å². The van der Waals surface area contributed by atoms with Crippen LogP contribution in [0, 0.1) is 0 Å². The molecule has 8 heteroatoms. The van der Waals surface area contributed by atoms with E-state index >= 15 is 0 Å². The number of fused-ring (bicyclic) bond motifs is 13. The number of phenolic OH excluding ortho intramolecular Hbond substituents is 2. The molecule has 11 rings (SSSR count). The number of rotatable bonds is 0. The molecule has 0 radical (unpaired) electrons. The zero-order chi connectivity index (χ0) is 58.1. The molecular weight excluding hydrogens is 1010 g/mol. The molecule has 0 aromatic heterocycles. The minimum Gasteiger partial charge on any atom is -0.507 e. The van der Waals surface area contributed by atoms with Crippen LogP contribution in [0.15, 0.2) is 131 Å². The second kappa shape index (κ2) is 23.3. The van der Waals surface area contributed by atoms with Crippen molar-refractivity contribution in [2.45, 2.75) is 143 Å². The minimum absolute atomic E-state index is 0.238. The standard InChI is InChI=1S/C74H84N2O6/c1-71(2,3)57-37-49-33-53-41-59(73(7,8)9)43-55-35-51-39-58(72(4,5)6)40-52(68(51)78)36-56-44-60(74(10,11)12)42-54(34-50(38-57)67(49)77)70(56)82-32-30-80-66-26-24-48-20-14-16-22-62(48)64(66)46-76-28-18-17-27-75-45-63-61-21-15-13-19-47(61)23-25-65(63)79-29-31-81-69(53)55/h13-16,19-26,37-46,77-78H,17-18,27-36H2,1-12H3. The van der Waals surface area contributed by atoms with Gasteiger partial charge >= 0.3 is 0 Å². The van der Waals surface area contributed by atoms with Crippen molar-refractivity contribution in [2.75, 3.05) is 39.5 Å². The zero-order valence-corrected chi connectivity index (χ0v) is 50.6. The van der Waals surface area contributed by atoms with Crippen LogP contribution in [0.2, 0.25) is 0 Å². The van der Waals surface area contributed by atoms with E-state index in [0.717, 1.165) is 135 Å². The number of hydrogen-bond donors (Lipinski definition) is 2. The minimum atomic E-state index is -0.246. The first-order chi connectivity index (χ1) is 39.0. The van der Waals surface area contributed by atoms with E-state index in [4.69, 9.17) is 28.9 Å². The smallest absolute Gasteiger partial charge is 0.128 e. The SMILES string of the molecule is CC(C)(C)c1cc2c(O)c(c1)Cc1cc(C(C)(C)C)cc3c1OCCOc1ccc4ccccc4c1C=NCCCCN=Cc1c(ccc4ccccc14)OCCOc1c(cc(C(C)(C)C)cc1Cc1cc(C(C)(C)C)cc(c1O)C3)C2. The maximum Gasteiger partial charge on any atom is 0.128 e. The number of aromatic hydroxyl groups is 2. The highest BCUT2D eigenvalue weighted by Gasteiger charge is 2.29. The third-order valence-electron chi connectivity index (χ3n) is 16.3. The Morgan fingerprint density at radius 2 is 0.646 bits per heavy atom. The highest BCUT2D eigenvalue weighted by molar-refractivity contribution is 6.03.